The van der Waals surface area contributed by atoms with Crippen LogP contribution in [0.2, 0.25) is 0 Å². The Morgan fingerprint density at radius 3 is 2.50 bits per heavy atom. The minimum absolute atomic E-state index is 0.0710. The van der Waals surface area contributed by atoms with Gasteiger partial charge in [-0.25, -0.2) is 9.31 Å². The first-order chi connectivity index (χ1) is 15.2. The number of piperidine rings is 1. The number of hydrogen-bond donors (Lipinski definition) is 4. The minimum Gasteiger partial charge on any atom is -0.465 e. The molecule has 170 valence electrons. The Bertz CT molecular complexity index is 1300. The van der Waals surface area contributed by atoms with Gasteiger partial charge in [-0.15, -0.1) is 0 Å². The predicted molar refractivity (Wildman–Crippen MR) is 121 cm³/mol. The predicted octanol–water partition coefficient (Wildman–Crippen LogP) is 2.56. The van der Waals surface area contributed by atoms with E-state index in [4.69, 9.17) is 5.11 Å². The van der Waals surface area contributed by atoms with E-state index in [2.05, 4.69) is 14.4 Å². The lowest BCUT2D eigenvalue weighted by Gasteiger charge is -2.30. The Morgan fingerprint density at radius 2 is 1.88 bits per heavy atom. The molecule has 0 saturated carbocycles. The van der Waals surface area contributed by atoms with E-state index < -0.39 is 22.1 Å². The molecule has 0 radical (unpaired) electrons. The number of aromatic nitrogens is 3. The molecule has 1 saturated heterocycles. The number of aromatic amines is 1. The van der Waals surface area contributed by atoms with Gasteiger partial charge in [0.1, 0.15) is 11.2 Å². The van der Waals surface area contributed by atoms with Crippen molar-refractivity contribution in [1.82, 2.24) is 19.5 Å². The van der Waals surface area contributed by atoms with E-state index in [0.717, 1.165) is 5.56 Å². The van der Waals surface area contributed by atoms with Crippen molar-refractivity contribution in [2.45, 2.75) is 30.6 Å². The van der Waals surface area contributed by atoms with Gasteiger partial charge >= 0.3 is 6.09 Å². The number of aryl methyl sites for hydroxylation is 1. The maximum absolute atomic E-state index is 12.9. The Labute approximate surface area is 184 Å². The van der Waals surface area contributed by atoms with E-state index in [1.54, 1.807) is 12.1 Å². The molecule has 1 aliphatic rings. The van der Waals surface area contributed by atoms with E-state index >= 15 is 0 Å². The number of fused-ring (bicyclic) bond motifs is 1. The summed E-state index contributed by atoms with van der Waals surface area (Å²) in [7, 11) is -3.07. The first-order valence-corrected chi connectivity index (χ1v) is 12.3. The second-order valence-corrected chi connectivity index (χ2v) is 10.6. The van der Waals surface area contributed by atoms with Crippen molar-refractivity contribution in [2.75, 3.05) is 19.3 Å². The van der Waals surface area contributed by atoms with Gasteiger partial charge < -0.3 is 19.5 Å². The molecule has 1 aromatic carbocycles. The Balaban J connectivity index is 1.69. The quantitative estimate of drug-likeness (QED) is 0.444. The number of carboxylic acid groups (broad SMARTS) is 1. The van der Waals surface area contributed by atoms with Crippen molar-refractivity contribution >= 4 is 27.8 Å². The summed E-state index contributed by atoms with van der Waals surface area (Å²) in [6.45, 7) is 2.65. The Hall–Kier alpha value is -3.31. The molecule has 0 unspecified atom stereocenters. The zero-order valence-electron chi connectivity index (χ0n) is 17.7. The van der Waals surface area contributed by atoms with E-state index in [-0.39, 0.29) is 22.7 Å². The van der Waals surface area contributed by atoms with Crippen LogP contribution in [0.25, 0.3) is 5.65 Å². The molecule has 1 fully saturated rings. The zero-order chi connectivity index (χ0) is 23.0. The van der Waals surface area contributed by atoms with Gasteiger partial charge in [0, 0.05) is 30.0 Å². The molecule has 3 N–H and O–H groups in total. The number of carbonyl (C=O) groups is 2. The number of rotatable bonds is 3. The minimum atomic E-state index is -3.07. The van der Waals surface area contributed by atoms with Crippen LogP contribution < -0.4 is 5.56 Å². The maximum Gasteiger partial charge on any atom is 0.407 e. The van der Waals surface area contributed by atoms with Crippen LogP contribution in [0.4, 0.5) is 4.79 Å². The fourth-order valence-electron chi connectivity index (χ4n) is 3.94. The fourth-order valence-corrected chi connectivity index (χ4v) is 5.23. The van der Waals surface area contributed by atoms with E-state index in [1.165, 1.54) is 27.9 Å². The third kappa shape index (κ3) is 4.21. The lowest BCUT2D eigenvalue weighted by atomic mass is 9.93. The van der Waals surface area contributed by atoms with Gasteiger partial charge in [0.25, 0.3) is 11.5 Å². The average molecular weight is 460 g/mol. The third-order valence-electron chi connectivity index (χ3n) is 5.76. The summed E-state index contributed by atoms with van der Waals surface area (Å²) >= 11 is 0. The van der Waals surface area contributed by atoms with E-state index in [1.807, 2.05) is 19.1 Å². The molecule has 2 amide bonds. The third-order valence-corrected chi connectivity index (χ3v) is 7.60. The van der Waals surface area contributed by atoms with Crippen LogP contribution >= 0.6 is 0 Å². The molecule has 0 bridgehead atoms. The van der Waals surface area contributed by atoms with Crippen molar-refractivity contribution in [2.24, 2.45) is 4.36 Å². The highest BCUT2D eigenvalue weighted by Crippen LogP contribution is 2.28. The topological polar surface area (TPSA) is 140 Å². The first-order valence-electron chi connectivity index (χ1n) is 10.2. The summed E-state index contributed by atoms with van der Waals surface area (Å²) in [5, 5.41) is 13.4. The number of benzene rings is 1. The van der Waals surface area contributed by atoms with Gasteiger partial charge in [0.2, 0.25) is 0 Å². The Morgan fingerprint density at radius 1 is 1.22 bits per heavy atom. The van der Waals surface area contributed by atoms with Gasteiger partial charge in [-0.1, -0.05) is 27.8 Å². The SMILES string of the molecule is Cc1ccc([SH](C)(O)=NC(=O)c2cnn3c(C4CCN(C(=O)O)CC4)cc(=O)[nH]c23)cc1. The molecule has 2 aromatic heterocycles. The summed E-state index contributed by atoms with van der Waals surface area (Å²) in [6, 6.07) is 8.62. The van der Waals surface area contributed by atoms with Crippen LogP contribution in [-0.2, 0) is 10.1 Å². The summed E-state index contributed by atoms with van der Waals surface area (Å²) in [5.41, 5.74) is 1.57. The summed E-state index contributed by atoms with van der Waals surface area (Å²) in [5.74, 6) is -0.731. The molecule has 4 rings (SSSR count). The molecular weight excluding hydrogens is 434 g/mol. The molecule has 3 aromatic rings. The van der Waals surface area contributed by atoms with E-state index in [0.29, 0.717) is 36.5 Å². The number of carbonyl (C=O) groups excluding carboxylic acids is 1. The number of likely N-dealkylation sites (tertiary alicyclic amines) is 1. The van der Waals surface area contributed by atoms with Crippen molar-refractivity contribution in [3.8, 4) is 0 Å². The smallest absolute Gasteiger partial charge is 0.407 e. The first kappa shape index (κ1) is 21.9. The van der Waals surface area contributed by atoms with Crippen LogP contribution in [0.5, 0.6) is 0 Å². The number of hydrogen-bond acceptors (Lipinski definition) is 4. The van der Waals surface area contributed by atoms with Gasteiger partial charge in [-0.05, 0) is 38.2 Å². The van der Waals surface area contributed by atoms with Gasteiger partial charge in [0.15, 0.2) is 0 Å². The zero-order valence-corrected chi connectivity index (χ0v) is 18.6. The lowest BCUT2D eigenvalue weighted by molar-refractivity contribution is 0.101. The highest BCUT2D eigenvalue weighted by atomic mass is 32.3. The highest BCUT2D eigenvalue weighted by molar-refractivity contribution is 7.99. The summed E-state index contributed by atoms with van der Waals surface area (Å²) < 4.78 is 16.5. The van der Waals surface area contributed by atoms with Gasteiger partial charge in [-0.3, -0.25) is 9.59 Å². The molecule has 1 aliphatic heterocycles. The molecular formula is C21H25N5O5S. The normalized spacial score (nSPS) is 15.7. The van der Waals surface area contributed by atoms with Crippen molar-refractivity contribution in [3.63, 3.8) is 0 Å². The van der Waals surface area contributed by atoms with E-state index in [9.17, 15) is 18.9 Å². The fraction of sp³-hybridized carbons (Fsp3) is 0.333. The van der Waals surface area contributed by atoms with Crippen molar-refractivity contribution in [1.29, 1.82) is 0 Å². The van der Waals surface area contributed by atoms with Crippen LogP contribution in [0.1, 0.15) is 40.4 Å². The largest absolute Gasteiger partial charge is 0.465 e. The highest BCUT2D eigenvalue weighted by Gasteiger charge is 2.27. The molecule has 32 heavy (non-hydrogen) atoms. The standard InChI is InChI=1S/C21H25N5O5S/c1-13-3-5-15(6-4-13)32(2,31)24-20(28)16-12-22-26-17(11-18(27)23-19(16)26)14-7-9-25(10-8-14)21(29)30/h3-6,11-12,14,32H,7-10H2,1-2H3,(H,23,27)(H,29,30)(H,24,28,31). The number of amides is 2. The molecule has 0 aliphatic carbocycles. The average Bonchev–Trinajstić information content (AvgIpc) is 3.17. The molecule has 0 atom stereocenters. The van der Waals surface area contributed by atoms with Crippen LogP contribution in [0.3, 0.4) is 0 Å². The number of nitrogens with zero attached hydrogens (tertiary/aromatic N) is 4. The van der Waals surface area contributed by atoms with Crippen LogP contribution in [0.15, 0.2) is 50.6 Å². The number of H-pyrrole nitrogens is 1. The molecule has 0 spiro atoms. The maximum atomic E-state index is 12.9. The lowest BCUT2D eigenvalue weighted by Crippen LogP contribution is -2.37. The van der Waals surface area contributed by atoms with Crippen LogP contribution in [-0.4, -0.2) is 60.5 Å². The van der Waals surface area contributed by atoms with Gasteiger partial charge in [0.05, 0.1) is 11.9 Å². The van der Waals surface area contributed by atoms with Crippen molar-refractivity contribution in [3.05, 3.63) is 63.7 Å². The summed E-state index contributed by atoms with van der Waals surface area (Å²) in [6.07, 6.45) is 3.00. The monoisotopic (exact) mass is 459 g/mol. The second-order valence-electron chi connectivity index (χ2n) is 8.07. The van der Waals surface area contributed by atoms with Crippen LogP contribution in [0, 0.1) is 6.92 Å². The Kier molecular flexibility index (Phi) is 5.70. The molecule has 3 heterocycles. The molecule has 11 heteroatoms. The van der Waals surface area contributed by atoms with Crippen molar-refractivity contribution < 1.29 is 19.2 Å². The van der Waals surface area contributed by atoms with Gasteiger partial charge in [-0.2, -0.15) is 9.46 Å². The number of thiol groups is 1. The summed E-state index contributed by atoms with van der Waals surface area (Å²) in [4.78, 5) is 41.0. The number of nitrogens with one attached hydrogen (secondary N) is 1. The second kappa shape index (κ2) is 8.32. The molecule has 10 nitrogen and oxygen atoms in total.